The number of carbonyl (C=O) groups excluding carboxylic acids is 2. The lowest BCUT2D eigenvalue weighted by Gasteiger charge is -2.25. The van der Waals surface area contributed by atoms with Gasteiger partial charge in [-0.25, -0.2) is 4.79 Å². The number of likely N-dealkylation sites (tertiary alicyclic amines) is 1. The van der Waals surface area contributed by atoms with Crippen molar-refractivity contribution in [3.05, 3.63) is 29.3 Å². The van der Waals surface area contributed by atoms with Crippen LogP contribution in [0.5, 0.6) is 5.75 Å². The molecule has 1 aliphatic heterocycles. The van der Waals surface area contributed by atoms with E-state index >= 15 is 0 Å². The fourth-order valence-electron chi connectivity index (χ4n) is 2.20. The summed E-state index contributed by atoms with van der Waals surface area (Å²) in [4.78, 5) is 25.3. The first kappa shape index (κ1) is 16.6. The Morgan fingerprint density at radius 1 is 1.32 bits per heavy atom. The zero-order valence-corrected chi connectivity index (χ0v) is 13.6. The van der Waals surface area contributed by atoms with Crippen LogP contribution in [0.2, 0.25) is 5.02 Å². The predicted octanol–water partition coefficient (Wildman–Crippen LogP) is 2.66. The summed E-state index contributed by atoms with van der Waals surface area (Å²) < 4.78 is 10.9. The van der Waals surface area contributed by atoms with Crippen LogP contribution in [0.1, 0.15) is 26.7 Å². The summed E-state index contributed by atoms with van der Waals surface area (Å²) in [6, 6.07) is 6.77. The molecule has 6 heteroatoms. The van der Waals surface area contributed by atoms with Crippen molar-refractivity contribution in [1.82, 2.24) is 4.90 Å². The van der Waals surface area contributed by atoms with Gasteiger partial charge in [0.2, 0.25) is 5.91 Å². The minimum atomic E-state index is -1.11. The highest BCUT2D eigenvalue weighted by Gasteiger charge is 2.32. The van der Waals surface area contributed by atoms with E-state index in [0.29, 0.717) is 23.7 Å². The lowest BCUT2D eigenvalue weighted by molar-refractivity contribution is -0.160. The van der Waals surface area contributed by atoms with E-state index in [1.807, 2.05) is 0 Å². The zero-order valence-electron chi connectivity index (χ0n) is 12.8. The second-order valence-corrected chi connectivity index (χ2v) is 6.12. The number of carbonyl (C=O) groups is 2. The molecule has 0 aliphatic carbocycles. The van der Waals surface area contributed by atoms with E-state index in [9.17, 15) is 9.59 Å². The van der Waals surface area contributed by atoms with Crippen molar-refractivity contribution < 1.29 is 19.1 Å². The maximum Gasteiger partial charge on any atom is 0.349 e. The smallest absolute Gasteiger partial charge is 0.349 e. The van der Waals surface area contributed by atoms with Crippen molar-refractivity contribution >= 4 is 23.5 Å². The van der Waals surface area contributed by atoms with Gasteiger partial charge in [0.05, 0.1) is 6.54 Å². The van der Waals surface area contributed by atoms with Crippen LogP contribution in [0.15, 0.2) is 24.3 Å². The number of ether oxygens (including phenoxy) is 2. The first-order valence-corrected chi connectivity index (χ1v) is 7.66. The third-order valence-corrected chi connectivity index (χ3v) is 3.70. The first-order chi connectivity index (χ1) is 10.4. The Morgan fingerprint density at radius 2 is 2.00 bits per heavy atom. The van der Waals surface area contributed by atoms with Crippen molar-refractivity contribution in [1.29, 1.82) is 0 Å². The van der Waals surface area contributed by atoms with Gasteiger partial charge in [-0.05, 0) is 44.5 Å². The van der Waals surface area contributed by atoms with E-state index in [1.165, 1.54) is 0 Å². The van der Waals surface area contributed by atoms with Crippen molar-refractivity contribution in [2.75, 3.05) is 19.7 Å². The molecule has 0 unspecified atom stereocenters. The lowest BCUT2D eigenvalue weighted by atomic mass is 10.1. The van der Waals surface area contributed by atoms with Gasteiger partial charge in [-0.2, -0.15) is 0 Å². The van der Waals surface area contributed by atoms with E-state index < -0.39 is 11.6 Å². The summed E-state index contributed by atoms with van der Waals surface area (Å²) in [7, 11) is 0. The molecule has 1 fully saturated rings. The van der Waals surface area contributed by atoms with Gasteiger partial charge in [-0.15, -0.1) is 0 Å². The van der Waals surface area contributed by atoms with Gasteiger partial charge in [0.15, 0.2) is 5.60 Å². The minimum absolute atomic E-state index is 0.118. The Kier molecular flexibility index (Phi) is 5.29. The zero-order chi connectivity index (χ0) is 16.2. The molecule has 1 aromatic carbocycles. The molecule has 1 aliphatic rings. The molecule has 0 aromatic heterocycles. The molecular formula is C16H20ClNO4. The van der Waals surface area contributed by atoms with Crippen LogP contribution < -0.4 is 4.74 Å². The van der Waals surface area contributed by atoms with E-state index in [1.54, 1.807) is 43.0 Å². The molecule has 0 saturated carbocycles. The average Bonchev–Trinajstić information content (AvgIpc) is 2.87. The fraction of sp³-hybridized carbons (Fsp3) is 0.500. The molecule has 2 rings (SSSR count). The number of hydrogen-bond donors (Lipinski definition) is 0. The Hall–Kier alpha value is -1.75. The highest BCUT2D eigenvalue weighted by Crippen LogP contribution is 2.21. The van der Waals surface area contributed by atoms with Gasteiger partial charge in [0.1, 0.15) is 12.4 Å². The predicted molar refractivity (Wildman–Crippen MR) is 82.9 cm³/mol. The van der Waals surface area contributed by atoms with E-state index in [2.05, 4.69) is 0 Å². The standard InChI is InChI=1S/C16H20ClNO4/c1-16(2,22-13-7-5-12(17)6-8-13)15(20)21-11-10-18-9-3-4-14(18)19/h5-8H,3-4,9-11H2,1-2H3. The summed E-state index contributed by atoms with van der Waals surface area (Å²) in [5.74, 6) is 0.197. The first-order valence-electron chi connectivity index (χ1n) is 7.28. The fourth-order valence-corrected chi connectivity index (χ4v) is 2.33. The Morgan fingerprint density at radius 3 is 2.59 bits per heavy atom. The van der Waals surface area contributed by atoms with Crippen molar-refractivity contribution in [3.63, 3.8) is 0 Å². The molecule has 5 nitrogen and oxygen atoms in total. The largest absolute Gasteiger partial charge is 0.476 e. The Labute approximate surface area is 135 Å². The summed E-state index contributed by atoms with van der Waals surface area (Å²) in [5, 5.41) is 0.600. The molecule has 0 radical (unpaired) electrons. The van der Waals surface area contributed by atoms with Crippen LogP contribution in [-0.4, -0.2) is 42.1 Å². The molecule has 0 spiro atoms. The van der Waals surface area contributed by atoms with Crippen molar-refractivity contribution in [3.8, 4) is 5.75 Å². The quantitative estimate of drug-likeness (QED) is 0.755. The number of rotatable bonds is 6. The summed E-state index contributed by atoms with van der Waals surface area (Å²) in [6.07, 6.45) is 1.46. The molecule has 0 atom stereocenters. The second kappa shape index (κ2) is 7.01. The highest BCUT2D eigenvalue weighted by atomic mass is 35.5. The molecule has 120 valence electrons. The second-order valence-electron chi connectivity index (χ2n) is 5.69. The summed E-state index contributed by atoms with van der Waals surface area (Å²) >= 11 is 5.81. The molecule has 1 amide bonds. The number of nitrogens with zero attached hydrogens (tertiary/aromatic N) is 1. The maximum absolute atomic E-state index is 12.1. The topological polar surface area (TPSA) is 55.8 Å². The highest BCUT2D eigenvalue weighted by molar-refractivity contribution is 6.30. The molecule has 0 N–H and O–H groups in total. The van der Waals surface area contributed by atoms with Crippen LogP contribution in [0.25, 0.3) is 0 Å². The van der Waals surface area contributed by atoms with E-state index in [4.69, 9.17) is 21.1 Å². The van der Waals surface area contributed by atoms with Crippen LogP contribution in [0, 0.1) is 0 Å². The normalized spacial score (nSPS) is 15.0. The van der Waals surface area contributed by atoms with Crippen LogP contribution in [-0.2, 0) is 14.3 Å². The molecule has 1 heterocycles. The molecule has 1 aromatic rings. The third-order valence-electron chi connectivity index (χ3n) is 3.44. The van der Waals surface area contributed by atoms with E-state index in [-0.39, 0.29) is 12.5 Å². The lowest BCUT2D eigenvalue weighted by Crippen LogP contribution is -2.41. The van der Waals surface area contributed by atoms with Crippen LogP contribution in [0.3, 0.4) is 0 Å². The number of hydrogen-bond acceptors (Lipinski definition) is 4. The van der Waals surface area contributed by atoms with Crippen LogP contribution >= 0.6 is 11.6 Å². The number of esters is 1. The third kappa shape index (κ3) is 4.37. The van der Waals surface area contributed by atoms with Crippen LogP contribution in [0.4, 0.5) is 0 Å². The maximum atomic E-state index is 12.1. The SMILES string of the molecule is CC(C)(Oc1ccc(Cl)cc1)C(=O)OCCN1CCCC1=O. The van der Waals surface area contributed by atoms with Gasteiger partial charge in [-0.1, -0.05) is 11.6 Å². The van der Waals surface area contributed by atoms with Crippen molar-refractivity contribution in [2.24, 2.45) is 0 Å². The summed E-state index contributed by atoms with van der Waals surface area (Å²) in [5.41, 5.74) is -1.11. The van der Waals surface area contributed by atoms with Gasteiger partial charge >= 0.3 is 5.97 Å². The van der Waals surface area contributed by atoms with Gasteiger partial charge < -0.3 is 14.4 Å². The van der Waals surface area contributed by atoms with Gasteiger partial charge in [0, 0.05) is 18.0 Å². The number of halogens is 1. The van der Waals surface area contributed by atoms with E-state index in [0.717, 1.165) is 13.0 Å². The monoisotopic (exact) mass is 325 g/mol. The number of benzene rings is 1. The number of amides is 1. The molecule has 22 heavy (non-hydrogen) atoms. The molecule has 0 bridgehead atoms. The van der Waals surface area contributed by atoms with Gasteiger partial charge in [-0.3, -0.25) is 4.79 Å². The average molecular weight is 326 g/mol. The molecular weight excluding hydrogens is 306 g/mol. The van der Waals surface area contributed by atoms with Gasteiger partial charge in [0.25, 0.3) is 0 Å². The Balaban J connectivity index is 1.81. The van der Waals surface area contributed by atoms with Crippen molar-refractivity contribution in [2.45, 2.75) is 32.3 Å². The minimum Gasteiger partial charge on any atom is -0.476 e. The Bertz CT molecular complexity index is 542. The summed E-state index contributed by atoms with van der Waals surface area (Å²) in [6.45, 7) is 4.64. The molecule has 1 saturated heterocycles.